The van der Waals surface area contributed by atoms with Crippen LogP contribution in [-0.4, -0.2) is 31.1 Å². The van der Waals surface area contributed by atoms with Gasteiger partial charge in [-0.05, 0) is 44.5 Å². The molecule has 1 aliphatic heterocycles. The van der Waals surface area contributed by atoms with Gasteiger partial charge in [-0.25, -0.2) is 0 Å². The van der Waals surface area contributed by atoms with Crippen LogP contribution in [0.1, 0.15) is 19.8 Å². The lowest BCUT2D eigenvalue weighted by Gasteiger charge is -2.25. The maximum atomic E-state index is 12.1. The average Bonchev–Trinajstić information content (AvgIpc) is 2.38. The van der Waals surface area contributed by atoms with Gasteiger partial charge in [-0.15, -0.1) is 12.4 Å². The van der Waals surface area contributed by atoms with Crippen LogP contribution in [0.2, 0.25) is 10.0 Å². The first-order valence-corrected chi connectivity index (χ1v) is 7.44. The van der Waals surface area contributed by atoms with E-state index in [-0.39, 0.29) is 24.4 Å². The van der Waals surface area contributed by atoms with Crippen LogP contribution in [-0.2, 0) is 4.79 Å². The van der Waals surface area contributed by atoms with Crippen molar-refractivity contribution in [2.45, 2.75) is 31.9 Å². The minimum atomic E-state index is -0.591. The molecular weight excluding hydrogens is 335 g/mol. The van der Waals surface area contributed by atoms with E-state index in [0.29, 0.717) is 15.8 Å². The van der Waals surface area contributed by atoms with E-state index in [1.807, 2.05) is 0 Å². The second-order valence-electron chi connectivity index (χ2n) is 4.92. The van der Waals surface area contributed by atoms with E-state index in [1.54, 1.807) is 25.1 Å². The Morgan fingerprint density at radius 1 is 1.38 bits per heavy atom. The molecule has 0 bridgehead atoms. The Morgan fingerprint density at radius 3 is 2.62 bits per heavy atom. The van der Waals surface area contributed by atoms with Crippen molar-refractivity contribution >= 4 is 41.5 Å². The highest BCUT2D eigenvalue weighted by Crippen LogP contribution is 2.24. The zero-order chi connectivity index (χ0) is 14.5. The summed E-state index contributed by atoms with van der Waals surface area (Å²) >= 11 is 11.8. The first-order valence-electron chi connectivity index (χ1n) is 6.68. The van der Waals surface area contributed by atoms with Gasteiger partial charge in [-0.2, -0.15) is 0 Å². The summed E-state index contributed by atoms with van der Waals surface area (Å²) in [6, 6.07) is 5.07. The number of ether oxygens (including phenoxy) is 1. The molecule has 2 N–H and O–H groups in total. The number of nitrogens with one attached hydrogen (secondary N) is 2. The molecule has 1 aromatic rings. The summed E-state index contributed by atoms with van der Waals surface area (Å²) in [4.78, 5) is 12.1. The number of hydrogen-bond donors (Lipinski definition) is 2. The van der Waals surface area contributed by atoms with E-state index in [1.165, 1.54) is 0 Å². The lowest BCUT2D eigenvalue weighted by molar-refractivity contribution is -0.128. The summed E-state index contributed by atoms with van der Waals surface area (Å²) in [7, 11) is 0. The predicted octanol–water partition coefficient (Wildman–Crippen LogP) is 3.05. The summed E-state index contributed by atoms with van der Waals surface area (Å²) in [5.41, 5.74) is 0. The van der Waals surface area contributed by atoms with Gasteiger partial charge in [0.2, 0.25) is 0 Å². The van der Waals surface area contributed by atoms with Crippen LogP contribution in [0.4, 0.5) is 0 Å². The molecule has 0 aromatic heterocycles. The third-order valence-electron chi connectivity index (χ3n) is 3.16. The van der Waals surface area contributed by atoms with Crippen molar-refractivity contribution in [3.8, 4) is 5.75 Å². The second-order valence-corrected chi connectivity index (χ2v) is 5.79. The second kappa shape index (κ2) is 8.69. The first kappa shape index (κ1) is 18.4. The Labute approximate surface area is 140 Å². The maximum Gasteiger partial charge on any atom is 0.261 e. The highest BCUT2D eigenvalue weighted by atomic mass is 35.5. The van der Waals surface area contributed by atoms with Gasteiger partial charge in [0.15, 0.2) is 6.10 Å². The highest BCUT2D eigenvalue weighted by molar-refractivity contribution is 6.34. The van der Waals surface area contributed by atoms with Gasteiger partial charge in [-0.3, -0.25) is 4.79 Å². The minimum absolute atomic E-state index is 0. The van der Waals surface area contributed by atoms with Crippen molar-refractivity contribution in [3.63, 3.8) is 0 Å². The largest absolute Gasteiger partial charge is 0.481 e. The fraction of sp³-hybridized carbons (Fsp3) is 0.500. The fourth-order valence-corrected chi connectivity index (χ4v) is 2.65. The van der Waals surface area contributed by atoms with Crippen LogP contribution in [0.15, 0.2) is 18.2 Å². The summed E-state index contributed by atoms with van der Waals surface area (Å²) in [6.07, 6.45) is 1.48. The minimum Gasteiger partial charge on any atom is -0.481 e. The molecule has 2 unspecified atom stereocenters. The van der Waals surface area contributed by atoms with Crippen LogP contribution >= 0.6 is 35.6 Å². The molecular formula is C14H19Cl3N2O2. The Hall–Kier alpha value is -0.680. The normalized spacial score (nSPS) is 19.3. The monoisotopic (exact) mass is 352 g/mol. The summed E-state index contributed by atoms with van der Waals surface area (Å²) in [5, 5.41) is 7.19. The lowest BCUT2D eigenvalue weighted by Crippen LogP contribution is -2.49. The van der Waals surface area contributed by atoms with Gasteiger partial charge >= 0.3 is 0 Å². The molecule has 1 saturated heterocycles. The topological polar surface area (TPSA) is 50.4 Å². The van der Waals surface area contributed by atoms with Crippen molar-refractivity contribution in [1.29, 1.82) is 0 Å². The lowest BCUT2D eigenvalue weighted by atomic mass is 10.1. The number of hydrogen-bond acceptors (Lipinski definition) is 3. The van der Waals surface area contributed by atoms with E-state index in [2.05, 4.69) is 10.6 Å². The van der Waals surface area contributed by atoms with E-state index in [9.17, 15) is 4.79 Å². The molecule has 7 heteroatoms. The van der Waals surface area contributed by atoms with Crippen molar-refractivity contribution < 1.29 is 9.53 Å². The quantitative estimate of drug-likeness (QED) is 0.874. The van der Waals surface area contributed by atoms with Crippen molar-refractivity contribution in [1.82, 2.24) is 10.6 Å². The number of rotatable bonds is 4. The number of piperidine rings is 1. The van der Waals surface area contributed by atoms with Crippen molar-refractivity contribution in [3.05, 3.63) is 28.2 Å². The Morgan fingerprint density at radius 2 is 2.05 bits per heavy atom. The predicted molar refractivity (Wildman–Crippen MR) is 87.8 cm³/mol. The molecule has 21 heavy (non-hydrogen) atoms. The fourth-order valence-electron chi connectivity index (χ4n) is 2.15. The van der Waals surface area contributed by atoms with E-state index in [4.69, 9.17) is 27.9 Å². The molecule has 1 aliphatic rings. The van der Waals surface area contributed by atoms with Gasteiger partial charge in [0.1, 0.15) is 5.75 Å². The van der Waals surface area contributed by atoms with Gasteiger partial charge in [-0.1, -0.05) is 23.2 Å². The zero-order valence-electron chi connectivity index (χ0n) is 11.7. The Balaban J connectivity index is 0.00000220. The third kappa shape index (κ3) is 5.91. The van der Waals surface area contributed by atoms with Crippen LogP contribution in [0.5, 0.6) is 5.75 Å². The molecule has 118 valence electrons. The molecule has 0 spiro atoms. The van der Waals surface area contributed by atoms with Crippen molar-refractivity contribution in [2.75, 3.05) is 13.1 Å². The molecule has 0 radical (unpaired) electrons. The van der Waals surface area contributed by atoms with Gasteiger partial charge in [0.05, 0.1) is 0 Å². The van der Waals surface area contributed by atoms with Crippen molar-refractivity contribution in [2.24, 2.45) is 0 Å². The highest BCUT2D eigenvalue weighted by Gasteiger charge is 2.20. The molecule has 4 nitrogen and oxygen atoms in total. The maximum absolute atomic E-state index is 12.1. The number of carbonyl (C=O) groups is 1. The summed E-state index contributed by atoms with van der Waals surface area (Å²) in [6.45, 7) is 3.53. The third-order valence-corrected chi connectivity index (χ3v) is 3.60. The van der Waals surface area contributed by atoms with Gasteiger partial charge in [0.25, 0.3) is 5.91 Å². The molecule has 1 fully saturated rings. The number of carbonyl (C=O) groups excluding carboxylic acids is 1. The molecule has 0 aliphatic carbocycles. The smallest absolute Gasteiger partial charge is 0.261 e. The first-order chi connectivity index (χ1) is 9.54. The molecule has 1 amide bonds. The molecule has 2 rings (SSSR count). The Bertz CT molecular complexity index is 459. The van der Waals surface area contributed by atoms with Gasteiger partial charge in [0, 0.05) is 22.6 Å². The number of benzene rings is 1. The summed E-state index contributed by atoms with van der Waals surface area (Å²) < 4.78 is 5.58. The van der Waals surface area contributed by atoms with Crippen LogP contribution in [0.25, 0.3) is 0 Å². The summed E-state index contributed by atoms with van der Waals surface area (Å²) in [5.74, 6) is 0.363. The van der Waals surface area contributed by atoms with Crippen LogP contribution in [0, 0.1) is 0 Å². The molecule has 1 aromatic carbocycles. The van der Waals surface area contributed by atoms with E-state index < -0.39 is 6.10 Å². The van der Waals surface area contributed by atoms with E-state index >= 15 is 0 Å². The van der Waals surface area contributed by atoms with Crippen LogP contribution in [0.3, 0.4) is 0 Å². The SMILES string of the molecule is CC(Oc1cc(Cl)cc(Cl)c1)C(=O)NC1CCCNC1.Cl. The Kier molecular flexibility index (Phi) is 7.60. The zero-order valence-corrected chi connectivity index (χ0v) is 14.0. The molecule has 2 atom stereocenters. The van der Waals surface area contributed by atoms with Gasteiger partial charge < -0.3 is 15.4 Å². The number of amides is 1. The average molecular weight is 354 g/mol. The van der Waals surface area contributed by atoms with E-state index in [0.717, 1.165) is 25.9 Å². The number of halogens is 3. The van der Waals surface area contributed by atoms with Crippen LogP contribution < -0.4 is 15.4 Å². The molecule has 1 heterocycles. The standard InChI is InChI=1S/C14H18Cl2N2O2.ClH/c1-9(14(19)18-12-3-2-4-17-8-12)20-13-6-10(15)5-11(16)7-13;/h5-7,9,12,17H,2-4,8H2,1H3,(H,18,19);1H. The molecule has 0 saturated carbocycles.